The fourth-order valence-electron chi connectivity index (χ4n) is 1.39. The van der Waals surface area contributed by atoms with Crippen molar-refractivity contribution in [3.63, 3.8) is 0 Å². The minimum atomic E-state index is -5.62. The Kier molecular flexibility index (Phi) is 2.56. The van der Waals surface area contributed by atoms with Crippen LogP contribution in [-0.2, 0) is 10.1 Å². The first-order valence-corrected chi connectivity index (χ1v) is 5.25. The summed E-state index contributed by atoms with van der Waals surface area (Å²) in [6.07, 6.45) is -4.95. The second-order valence-corrected chi connectivity index (χ2v) is 4.78. The monoisotopic (exact) mass is 236 g/mol. The molecule has 0 aromatic carbocycles. The molecule has 0 aromatic heterocycles. The third-order valence-corrected chi connectivity index (χ3v) is 3.55. The minimum absolute atomic E-state index is 0.354. The van der Waals surface area contributed by atoms with Crippen molar-refractivity contribution in [2.24, 2.45) is 0 Å². The fourth-order valence-corrected chi connectivity index (χ4v) is 2.27. The van der Waals surface area contributed by atoms with Crippen molar-refractivity contribution >= 4 is 10.1 Å². The fraction of sp³-hybridized carbons (Fsp3) is 1.00. The number of rotatable bonds is 1. The molecule has 1 saturated carbocycles. The van der Waals surface area contributed by atoms with Gasteiger partial charge in [0.2, 0.25) is 0 Å². The smallest absolute Gasteiger partial charge is 0.283 e. The van der Waals surface area contributed by atoms with Crippen LogP contribution in [0.5, 0.6) is 0 Å². The van der Waals surface area contributed by atoms with Crippen LogP contribution in [0, 0.1) is 0 Å². The van der Waals surface area contributed by atoms with Gasteiger partial charge in [-0.1, -0.05) is 0 Å². The van der Waals surface area contributed by atoms with Crippen molar-refractivity contribution in [3.05, 3.63) is 0 Å². The first-order valence-electron chi connectivity index (χ1n) is 3.81. The van der Waals surface area contributed by atoms with Crippen LogP contribution in [-0.4, -0.2) is 30.1 Å². The maximum absolute atomic E-state index is 13.3. The Bertz CT molecular complexity index is 328. The molecule has 14 heavy (non-hydrogen) atoms. The van der Waals surface area contributed by atoms with E-state index in [1.54, 1.807) is 0 Å². The van der Waals surface area contributed by atoms with Crippen molar-refractivity contribution in [2.45, 2.75) is 36.4 Å². The molecule has 0 heterocycles. The van der Waals surface area contributed by atoms with Gasteiger partial charge in [-0.15, -0.1) is 0 Å². The molecule has 0 radical (unpaired) electrons. The lowest BCUT2D eigenvalue weighted by Gasteiger charge is -2.36. The van der Waals surface area contributed by atoms with Gasteiger partial charge < -0.3 is 0 Å². The summed E-state index contributed by atoms with van der Waals surface area (Å²) in [5.74, 6) is -4.70. The van der Waals surface area contributed by atoms with E-state index in [1.165, 1.54) is 0 Å². The summed E-state index contributed by atoms with van der Waals surface area (Å²) in [6.45, 7) is 0. The zero-order chi connectivity index (χ0) is 11.2. The lowest BCUT2D eigenvalue weighted by atomic mass is 9.92. The second kappa shape index (κ2) is 3.06. The van der Waals surface area contributed by atoms with Crippen LogP contribution >= 0.6 is 0 Å². The number of hydrogen-bond acceptors (Lipinski definition) is 2. The standard InChI is InChI=1S/C6H8F4O3S/c7-4-2-1-3-5(8,6(4,9)10)14(11,12)13/h4H,1-3H2,(H,11,12,13). The van der Waals surface area contributed by atoms with Crippen LogP contribution in [0.1, 0.15) is 19.3 Å². The average molecular weight is 236 g/mol. The van der Waals surface area contributed by atoms with Gasteiger partial charge in [0.25, 0.3) is 0 Å². The molecule has 1 N–H and O–H groups in total. The van der Waals surface area contributed by atoms with Crippen molar-refractivity contribution in [1.29, 1.82) is 0 Å². The quantitative estimate of drug-likeness (QED) is 0.557. The van der Waals surface area contributed by atoms with Crippen LogP contribution in [0.25, 0.3) is 0 Å². The van der Waals surface area contributed by atoms with Crippen molar-refractivity contribution in [1.82, 2.24) is 0 Å². The van der Waals surface area contributed by atoms with E-state index in [0.29, 0.717) is 0 Å². The van der Waals surface area contributed by atoms with Crippen LogP contribution in [0.15, 0.2) is 0 Å². The van der Waals surface area contributed by atoms with E-state index < -0.39 is 40.1 Å². The Hall–Kier alpha value is -0.370. The van der Waals surface area contributed by atoms with Crippen LogP contribution in [0.4, 0.5) is 17.6 Å². The summed E-state index contributed by atoms with van der Waals surface area (Å²) in [5.41, 5.74) is 0. The Labute approximate surface area is 77.8 Å². The maximum atomic E-state index is 13.3. The second-order valence-electron chi connectivity index (χ2n) is 3.19. The third-order valence-electron chi connectivity index (χ3n) is 2.26. The van der Waals surface area contributed by atoms with E-state index in [2.05, 4.69) is 0 Å². The van der Waals surface area contributed by atoms with E-state index in [0.717, 1.165) is 0 Å². The molecule has 0 amide bonds. The molecule has 0 spiro atoms. The number of halogens is 4. The molecule has 0 saturated heterocycles. The highest BCUT2D eigenvalue weighted by Crippen LogP contribution is 2.48. The minimum Gasteiger partial charge on any atom is -0.283 e. The SMILES string of the molecule is O=S(=O)(O)C1(F)CCCC(F)C1(F)F. The molecular formula is C6H8F4O3S. The summed E-state index contributed by atoms with van der Waals surface area (Å²) < 4.78 is 80.7. The molecule has 1 aliphatic rings. The van der Waals surface area contributed by atoms with E-state index in [1.807, 2.05) is 0 Å². The third kappa shape index (κ3) is 1.40. The van der Waals surface area contributed by atoms with Gasteiger partial charge >= 0.3 is 21.0 Å². The highest BCUT2D eigenvalue weighted by atomic mass is 32.2. The first-order chi connectivity index (χ1) is 6.13. The van der Waals surface area contributed by atoms with Crippen LogP contribution < -0.4 is 0 Å². The van der Waals surface area contributed by atoms with E-state index in [9.17, 15) is 26.0 Å². The van der Waals surface area contributed by atoms with Crippen LogP contribution in [0.2, 0.25) is 0 Å². The molecule has 0 aliphatic heterocycles. The number of alkyl halides is 4. The topological polar surface area (TPSA) is 54.4 Å². The maximum Gasteiger partial charge on any atom is 0.328 e. The molecular weight excluding hydrogens is 228 g/mol. The Morgan fingerprint density at radius 3 is 2.14 bits per heavy atom. The average Bonchev–Trinajstić information content (AvgIpc) is 1.98. The normalized spacial score (nSPS) is 38.2. The Morgan fingerprint density at radius 2 is 1.79 bits per heavy atom. The van der Waals surface area contributed by atoms with Gasteiger partial charge in [-0.25, -0.2) is 8.78 Å². The zero-order valence-electron chi connectivity index (χ0n) is 6.88. The summed E-state index contributed by atoms with van der Waals surface area (Å²) >= 11 is 0. The lowest BCUT2D eigenvalue weighted by Crippen LogP contribution is -2.57. The first kappa shape index (κ1) is 11.7. The van der Waals surface area contributed by atoms with Gasteiger partial charge in [0.05, 0.1) is 0 Å². The van der Waals surface area contributed by atoms with E-state index in [-0.39, 0.29) is 6.42 Å². The summed E-state index contributed by atoms with van der Waals surface area (Å²) in [5, 5.41) is -4.20. The highest BCUT2D eigenvalue weighted by Gasteiger charge is 2.69. The highest BCUT2D eigenvalue weighted by molar-refractivity contribution is 7.87. The Morgan fingerprint density at radius 1 is 1.29 bits per heavy atom. The van der Waals surface area contributed by atoms with Crippen LogP contribution in [0.3, 0.4) is 0 Å². The molecule has 1 rings (SSSR count). The van der Waals surface area contributed by atoms with Gasteiger partial charge in [-0.05, 0) is 12.8 Å². The molecule has 2 atom stereocenters. The zero-order valence-corrected chi connectivity index (χ0v) is 7.70. The largest absolute Gasteiger partial charge is 0.328 e. The molecule has 0 bridgehead atoms. The van der Waals surface area contributed by atoms with Crippen molar-refractivity contribution in [3.8, 4) is 0 Å². The van der Waals surface area contributed by atoms with E-state index in [4.69, 9.17) is 4.55 Å². The molecule has 8 heteroatoms. The predicted molar refractivity (Wildman–Crippen MR) is 39.1 cm³/mol. The molecule has 2 unspecified atom stereocenters. The molecule has 84 valence electrons. The van der Waals surface area contributed by atoms with Crippen molar-refractivity contribution < 1.29 is 30.5 Å². The van der Waals surface area contributed by atoms with Gasteiger partial charge in [0.1, 0.15) is 0 Å². The van der Waals surface area contributed by atoms with Crippen molar-refractivity contribution in [2.75, 3.05) is 0 Å². The summed E-state index contributed by atoms with van der Waals surface area (Å²) in [6, 6.07) is 0. The van der Waals surface area contributed by atoms with Gasteiger partial charge in [-0.2, -0.15) is 17.2 Å². The van der Waals surface area contributed by atoms with Gasteiger partial charge in [0, 0.05) is 6.42 Å². The summed E-state index contributed by atoms with van der Waals surface area (Å²) in [7, 11) is -5.62. The molecule has 1 aliphatic carbocycles. The van der Waals surface area contributed by atoms with Gasteiger partial charge in [-0.3, -0.25) is 4.55 Å². The van der Waals surface area contributed by atoms with Gasteiger partial charge in [0.15, 0.2) is 6.17 Å². The number of hydrogen-bond donors (Lipinski definition) is 1. The predicted octanol–water partition coefficient (Wildman–Crippen LogP) is 1.70. The van der Waals surface area contributed by atoms with E-state index >= 15 is 0 Å². The molecule has 0 aromatic rings. The summed E-state index contributed by atoms with van der Waals surface area (Å²) in [4.78, 5) is 0. The lowest BCUT2D eigenvalue weighted by molar-refractivity contribution is -0.167. The Balaban J connectivity index is 3.21. The molecule has 1 fully saturated rings. The molecule has 3 nitrogen and oxygen atoms in total.